The van der Waals surface area contributed by atoms with Gasteiger partial charge in [0.25, 0.3) is 5.91 Å². The Kier molecular flexibility index (Phi) is 1.88. The Hall–Kier alpha value is -1.98. The van der Waals surface area contributed by atoms with Crippen LogP contribution in [0.25, 0.3) is 11.2 Å². The van der Waals surface area contributed by atoms with Gasteiger partial charge < -0.3 is 5.32 Å². The molecule has 1 amide bonds. The van der Waals surface area contributed by atoms with Crippen LogP contribution in [-0.2, 0) is 0 Å². The molecule has 0 aliphatic heterocycles. The molecule has 2 heterocycles. The van der Waals surface area contributed by atoms with Gasteiger partial charge in [-0.2, -0.15) is 5.10 Å². The molecule has 0 radical (unpaired) electrons. The summed E-state index contributed by atoms with van der Waals surface area (Å²) in [5.74, 6) is -0.243. The van der Waals surface area contributed by atoms with E-state index in [1.165, 1.54) is 0 Å². The third kappa shape index (κ3) is 1.20. The molecule has 0 bridgehead atoms. The quantitative estimate of drug-likeness (QED) is 0.665. The molecule has 14 heavy (non-hydrogen) atoms. The maximum atomic E-state index is 11.3. The summed E-state index contributed by atoms with van der Waals surface area (Å²) in [5.41, 5.74) is 2.06. The molecule has 0 unspecified atom stereocenters. The molecule has 2 aromatic rings. The molecule has 0 aromatic carbocycles. The van der Waals surface area contributed by atoms with E-state index >= 15 is 0 Å². The van der Waals surface area contributed by atoms with Gasteiger partial charge in [0.05, 0.1) is 11.9 Å². The van der Waals surface area contributed by atoms with Crippen LogP contribution in [0.1, 0.15) is 16.2 Å². The predicted molar refractivity (Wildman–Crippen MR) is 49.8 cm³/mol. The van der Waals surface area contributed by atoms with Gasteiger partial charge in [-0.05, 0) is 6.92 Å². The first-order valence-electron chi connectivity index (χ1n) is 4.12. The molecule has 0 atom stereocenters. The Morgan fingerprint density at radius 2 is 2.36 bits per heavy atom. The zero-order valence-corrected chi connectivity index (χ0v) is 7.83. The van der Waals surface area contributed by atoms with Crippen LogP contribution in [0.2, 0.25) is 0 Å². The fourth-order valence-electron chi connectivity index (χ4n) is 1.17. The zero-order chi connectivity index (χ0) is 10.1. The highest BCUT2D eigenvalue weighted by atomic mass is 16.1. The number of hydrogen-bond acceptors (Lipinski definition) is 4. The van der Waals surface area contributed by atoms with Gasteiger partial charge in [0.15, 0.2) is 11.3 Å². The SMILES string of the molecule is CNC(=O)c1[nH]nc2ncc(C)nc12. The van der Waals surface area contributed by atoms with Crippen molar-refractivity contribution >= 4 is 17.1 Å². The highest BCUT2D eigenvalue weighted by Gasteiger charge is 2.13. The lowest BCUT2D eigenvalue weighted by Gasteiger charge is -1.95. The first kappa shape index (κ1) is 8.61. The molecule has 2 N–H and O–H groups in total. The van der Waals surface area contributed by atoms with Crippen molar-refractivity contribution in [3.05, 3.63) is 17.6 Å². The average Bonchev–Trinajstić information content (AvgIpc) is 2.59. The fourth-order valence-corrected chi connectivity index (χ4v) is 1.17. The van der Waals surface area contributed by atoms with Crippen LogP contribution in [0.3, 0.4) is 0 Å². The number of rotatable bonds is 1. The second-order valence-electron chi connectivity index (χ2n) is 2.86. The minimum absolute atomic E-state index is 0.243. The molecular formula is C8H9N5O. The zero-order valence-electron chi connectivity index (χ0n) is 7.83. The smallest absolute Gasteiger partial charge is 0.271 e. The van der Waals surface area contributed by atoms with E-state index in [-0.39, 0.29) is 5.91 Å². The number of aromatic amines is 1. The van der Waals surface area contributed by atoms with Crippen LogP contribution < -0.4 is 5.32 Å². The van der Waals surface area contributed by atoms with Gasteiger partial charge in [0.2, 0.25) is 0 Å². The van der Waals surface area contributed by atoms with Gasteiger partial charge in [0.1, 0.15) is 5.52 Å². The number of amides is 1. The minimum atomic E-state index is -0.243. The molecule has 0 aliphatic rings. The van der Waals surface area contributed by atoms with Gasteiger partial charge in [-0.1, -0.05) is 0 Å². The molecule has 0 saturated heterocycles. The van der Waals surface area contributed by atoms with Crippen LogP contribution in [0.15, 0.2) is 6.20 Å². The number of hydrogen-bond donors (Lipinski definition) is 2. The summed E-state index contributed by atoms with van der Waals surface area (Å²) in [6.45, 7) is 1.81. The van der Waals surface area contributed by atoms with Crippen LogP contribution in [-0.4, -0.2) is 33.1 Å². The van der Waals surface area contributed by atoms with Crippen molar-refractivity contribution in [3.8, 4) is 0 Å². The number of fused-ring (bicyclic) bond motifs is 1. The summed E-state index contributed by atoms with van der Waals surface area (Å²) < 4.78 is 0. The van der Waals surface area contributed by atoms with Crippen molar-refractivity contribution < 1.29 is 4.79 Å². The van der Waals surface area contributed by atoms with Crippen LogP contribution >= 0.6 is 0 Å². The number of aryl methyl sites for hydroxylation is 1. The van der Waals surface area contributed by atoms with E-state index in [4.69, 9.17) is 0 Å². The lowest BCUT2D eigenvalue weighted by Crippen LogP contribution is -2.18. The highest BCUT2D eigenvalue weighted by Crippen LogP contribution is 2.10. The van der Waals surface area contributed by atoms with Crippen molar-refractivity contribution in [3.63, 3.8) is 0 Å². The topological polar surface area (TPSA) is 83.6 Å². The maximum Gasteiger partial charge on any atom is 0.271 e. The largest absolute Gasteiger partial charge is 0.354 e. The van der Waals surface area contributed by atoms with E-state index in [2.05, 4.69) is 25.5 Å². The van der Waals surface area contributed by atoms with Crippen LogP contribution in [0, 0.1) is 6.92 Å². The lowest BCUT2D eigenvalue weighted by atomic mass is 10.3. The molecule has 72 valence electrons. The summed E-state index contributed by atoms with van der Waals surface area (Å²) in [4.78, 5) is 19.6. The van der Waals surface area contributed by atoms with E-state index in [0.29, 0.717) is 16.9 Å². The summed E-state index contributed by atoms with van der Waals surface area (Å²) >= 11 is 0. The van der Waals surface area contributed by atoms with Gasteiger partial charge in [0, 0.05) is 7.05 Å². The second kappa shape index (κ2) is 3.06. The van der Waals surface area contributed by atoms with E-state index in [0.717, 1.165) is 5.69 Å². The van der Waals surface area contributed by atoms with Crippen molar-refractivity contribution in [2.45, 2.75) is 6.92 Å². The van der Waals surface area contributed by atoms with Crippen molar-refractivity contribution in [2.24, 2.45) is 0 Å². The third-order valence-corrected chi connectivity index (χ3v) is 1.84. The van der Waals surface area contributed by atoms with Crippen molar-refractivity contribution in [1.82, 2.24) is 25.5 Å². The molecule has 0 saturated carbocycles. The predicted octanol–water partition coefficient (Wildman–Crippen LogP) is 0.0209. The summed E-state index contributed by atoms with van der Waals surface area (Å²) in [7, 11) is 1.55. The van der Waals surface area contributed by atoms with Crippen molar-refractivity contribution in [2.75, 3.05) is 7.05 Å². The molecule has 0 spiro atoms. The normalized spacial score (nSPS) is 10.4. The molecule has 2 rings (SSSR count). The van der Waals surface area contributed by atoms with E-state index in [1.807, 2.05) is 6.92 Å². The minimum Gasteiger partial charge on any atom is -0.354 e. The Bertz CT molecular complexity index is 489. The van der Waals surface area contributed by atoms with Crippen LogP contribution in [0.5, 0.6) is 0 Å². The second-order valence-corrected chi connectivity index (χ2v) is 2.86. The molecule has 6 heteroatoms. The molecule has 2 aromatic heterocycles. The Morgan fingerprint density at radius 3 is 3.07 bits per heavy atom. The first-order valence-corrected chi connectivity index (χ1v) is 4.12. The standard InChI is InChI=1S/C8H9N5O/c1-4-3-10-7-5(11-4)6(12-13-7)8(14)9-2/h3H,1-2H3,(H,9,14)(H,10,12,13). The van der Waals surface area contributed by atoms with Gasteiger partial charge in [-0.15, -0.1) is 0 Å². The fraction of sp³-hybridized carbons (Fsp3) is 0.250. The summed E-state index contributed by atoms with van der Waals surface area (Å²) in [5, 5.41) is 8.97. The Balaban J connectivity index is 2.67. The van der Waals surface area contributed by atoms with E-state index in [1.54, 1.807) is 13.2 Å². The summed E-state index contributed by atoms with van der Waals surface area (Å²) in [6, 6.07) is 0. The Labute approximate surface area is 79.8 Å². The van der Waals surface area contributed by atoms with Crippen molar-refractivity contribution in [1.29, 1.82) is 0 Å². The van der Waals surface area contributed by atoms with E-state index < -0.39 is 0 Å². The summed E-state index contributed by atoms with van der Waals surface area (Å²) in [6.07, 6.45) is 1.61. The highest BCUT2D eigenvalue weighted by molar-refractivity contribution is 6.02. The van der Waals surface area contributed by atoms with Crippen LogP contribution in [0.4, 0.5) is 0 Å². The molecule has 0 fully saturated rings. The molecule has 6 nitrogen and oxygen atoms in total. The Morgan fingerprint density at radius 1 is 1.57 bits per heavy atom. The van der Waals surface area contributed by atoms with E-state index in [9.17, 15) is 4.79 Å². The third-order valence-electron chi connectivity index (χ3n) is 1.84. The lowest BCUT2D eigenvalue weighted by molar-refractivity contribution is 0.0959. The van der Waals surface area contributed by atoms with Gasteiger partial charge >= 0.3 is 0 Å². The van der Waals surface area contributed by atoms with Gasteiger partial charge in [-0.3, -0.25) is 9.89 Å². The first-order chi connectivity index (χ1) is 6.72. The number of nitrogens with zero attached hydrogens (tertiary/aromatic N) is 3. The molecular weight excluding hydrogens is 182 g/mol. The number of aromatic nitrogens is 4. The number of carbonyl (C=O) groups is 1. The number of H-pyrrole nitrogens is 1. The number of carbonyl (C=O) groups excluding carboxylic acids is 1. The monoisotopic (exact) mass is 191 g/mol. The molecule has 0 aliphatic carbocycles. The average molecular weight is 191 g/mol. The number of nitrogens with one attached hydrogen (secondary N) is 2. The maximum absolute atomic E-state index is 11.3. The van der Waals surface area contributed by atoms with Gasteiger partial charge in [-0.25, -0.2) is 9.97 Å².